The fraction of sp³-hybridized carbons (Fsp3) is 0.409. The molecule has 0 saturated carbocycles. The Bertz CT molecular complexity index is 1170. The number of fused-ring (bicyclic) bond motifs is 5. The molecule has 0 saturated heterocycles. The maximum absolute atomic E-state index is 6.14. The third-order valence-corrected chi connectivity index (χ3v) is 6.68. The van der Waals surface area contributed by atoms with Crippen LogP contribution in [0.1, 0.15) is 60.0 Å². The van der Waals surface area contributed by atoms with Crippen molar-refractivity contribution in [2.45, 2.75) is 59.0 Å². The molecule has 0 radical (unpaired) electrons. The summed E-state index contributed by atoms with van der Waals surface area (Å²) >= 11 is 1.82. The highest BCUT2D eigenvalue weighted by Gasteiger charge is 2.21. The van der Waals surface area contributed by atoms with Crippen LogP contribution in [0.4, 0.5) is 0 Å². The van der Waals surface area contributed by atoms with Gasteiger partial charge in [0.2, 0.25) is 0 Å². The van der Waals surface area contributed by atoms with Crippen LogP contribution in [0.25, 0.3) is 15.9 Å². The number of benzene rings is 1. The second-order valence-corrected chi connectivity index (χ2v) is 9.00. The molecular formula is C22H24N4OS. The molecule has 0 aliphatic heterocycles. The van der Waals surface area contributed by atoms with Crippen LogP contribution in [0.2, 0.25) is 0 Å². The molecule has 4 aromatic rings. The first-order chi connectivity index (χ1) is 13.6. The van der Waals surface area contributed by atoms with E-state index in [0.717, 1.165) is 29.1 Å². The zero-order chi connectivity index (χ0) is 19.3. The first kappa shape index (κ1) is 17.6. The Hall–Kier alpha value is -2.47. The number of aryl methyl sites for hydroxylation is 3. The van der Waals surface area contributed by atoms with Gasteiger partial charge in [0.25, 0.3) is 0 Å². The highest BCUT2D eigenvalue weighted by atomic mass is 32.1. The summed E-state index contributed by atoms with van der Waals surface area (Å²) in [4.78, 5) is 12.0. The van der Waals surface area contributed by atoms with E-state index in [9.17, 15) is 0 Å². The lowest BCUT2D eigenvalue weighted by Gasteiger charge is -2.13. The summed E-state index contributed by atoms with van der Waals surface area (Å²) in [5, 5.41) is 5.82. The molecule has 0 fully saturated rings. The van der Waals surface area contributed by atoms with Crippen molar-refractivity contribution in [1.29, 1.82) is 0 Å². The number of aromatic nitrogens is 4. The second kappa shape index (κ2) is 6.85. The summed E-state index contributed by atoms with van der Waals surface area (Å²) in [5.74, 6) is 2.03. The van der Waals surface area contributed by atoms with Crippen LogP contribution >= 0.6 is 11.3 Å². The number of ether oxygens (including phenoxy) is 1. The van der Waals surface area contributed by atoms with Gasteiger partial charge in [-0.1, -0.05) is 26.0 Å². The minimum Gasteiger partial charge on any atom is -0.485 e. The van der Waals surface area contributed by atoms with Gasteiger partial charge >= 0.3 is 0 Å². The fourth-order valence-electron chi connectivity index (χ4n) is 4.05. The van der Waals surface area contributed by atoms with Gasteiger partial charge in [0, 0.05) is 4.88 Å². The van der Waals surface area contributed by atoms with Gasteiger partial charge in [-0.2, -0.15) is 0 Å². The topological polar surface area (TPSA) is 52.3 Å². The third-order valence-electron chi connectivity index (χ3n) is 5.48. The Labute approximate surface area is 168 Å². The summed E-state index contributed by atoms with van der Waals surface area (Å²) in [6.45, 7) is 6.81. The average Bonchev–Trinajstić information content (AvgIpc) is 3.26. The van der Waals surface area contributed by atoms with Gasteiger partial charge in [-0.15, -0.1) is 16.4 Å². The SMILES string of the molecule is Cc1ccc(C(C)C)c(OCc2nc3c4c5c(sc4ncn3n2)CCCC5)c1. The molecule has 144 valence electrons. The number of hydrogen-bond acceptors (Lipinski definition) is 5. The molecular weight excluding hydrogens is 368 g/mol. The van der Waals surface area contributed by atoms with Crippen molar-refractivity contribution in [2.24, 2.45) is 0 Å². The largest absolute Gasteiger partial charge is 0.485 e. The third kappa shape index (κ3) is 2.96. The molecule has 0 N–H and O–H groups in total. The van der Waals surface area contributed by atoms with E-state index in [2.05, 4.69) is 49.1 Å². The maximum atomic E-state index is 6.14. The van der Waals surface area contributed by atoms with Crippen LogP contribution in [0.15, 0.2) is 24.5 Å². The van der Waals surface area contributed by atoms with Crippen molar-refractivity contribution in [2.75, 3.05) is 0 Å². The van der Waals surface area contributed by atoms with E-state index < -0.39 is 0 Å². The Balaban J connectivity index is 1.50. The molecule has 5 rings (SSSR count). The molecule has 3 aromatic heterocycles. The van der Waals surface area contributed by atoms with Crippen molar-refractivity contribution >= 4 is 27.2 Å². The van der Waals surface area contributed by atoms with Gasteiger partial charge in [0.05, 0.1) is 5.39 Å². The number of thiophene rings is 1. The number of nitrogens with zero attached hydrogens (tertiary/aromatic N) is 4. The zero-order valence-electron chi connectivity index (χ0n) is 16.5. The predicted molar refractivity (Wildman–Crippen MR) is 112 cm³/mol. The van der Waals surface area contributed by atoms with Crippen LogP contribution in [-0.2, 0) is 19.4 Å². The normalized spacial score (nSPS) is 14.1. The maximum Gasteiger partial charge on any atom is 0.189 e. The lowest BCUT2D eigenvalue weighted by atomic mass is 9.97. The number of rotatable bonds is 4. The van der Waals surface area contributed by atoms with Crippen LogP contribution in [0.5, 0.6) is 5.75 Å². The Morgan fingerprint density at radius 3 is 2.93 bits per heavy atom. The molecule has 0 unspecified atom stereocenters. The Kier molecular flexibility index (Phi) is 4.31. The van der Waals surface area contributed by atoms with E-state index in [1.165, 1.54) is 39.8 Å². The van der Waals surface area contributed by atoms with E-state index in [-0.39, 0.29) is 0 Å². The summed E-state index contributed by atoms with van der Waals surface area (Å²) in [6, 6.07) is 6.38. The molecule has 1 aliphatic carbocycles. The first-order valence-corrected chi connectivity index (χ1v) is 10.8. The molecule has 5 nitrogen and oxygen atoms in total. The minimum atomic E-state index is 0.360. The van der Waals surface area contributed by atoms with Crippen molar-refractivity contribution in [3.05, 3.63) is 51.9 Å². The van der Waals surface area contributed by atoms with E-state index in [1.807, 2.05) is 15.9 Å². The standard InChI is InChI=1S/C22H24N4OS/c1-13(2)15-9-8-14(3)10-17(15)27-11-19-24-21-20-16-6-4-5-7-18(16)28-22(20)23-12-26(21)25-19/h8-10,12-13H,4-7,11H2,1-3H3. The van der Waals surface area contributed by atoms with Gasteiger partial charge in [-0.05, 0) is 61.3 Å². The molecule has 0 spiro atoms. The van der Waals surface area contributed by atoms with E-state index in [0.29, 0.717) is 18.3 Å². The lowest BCUT2D eigenvalue weighted by Crippen LogP contribution is -2.02. The smallest absolute Gasteiger partial charge is 0.189 e. The van der Waals surface area contributed by atoms with Crippen molar-refractivity contribution in [3.63, 3.8) is 0 Å². The van der Waals surface area contributed by atoms with Crippen LogP contribution in [0.3, 0.4) is 0 Å². The van der Waals surface area contributed by atoms with Crippen LogP contribution in [-0.4, -0.2) is 19.6 Å². The monoisotopic (exact) mass is 392 g/mol. The van der Waals surface area contributed by atoms with E-state index in [4.69, 9.17) is 9.72 Å². The second-order valence-electron chi connectivity index (χ2n) is 7.92. The molecule has 6 heteroatoms. The predicted octanol–water partition coefficient (Wildman–Crippen LogP) is 5.23. The van der Waals surface area contributed by atoms with Crippen LogP contribution in [0, 0.1) is 6.92 Å². The lowest BCUT2D eigenvalue weighted by molar-refractivity contribution is 0.291. The van der Waals surface area contributed by atoms with E-state index in [1.54, 1.807) is 6.33 Å². The summed E-state index contributed by atoms with van der Waals surface area (Å²) in [5.41, 5.74) is 4.75. The van der Waals surface area contributed by atoms with Crippen molar-refractivity contribution < 1.29 is 4.74 Å². The van der Waals surface area contributed by atoms with Gasteiger partial charge in [-0.3, -0.25) is 0 Å². The average molecular weight is 393 g/mol. The zero-order valence-corrected chi connectivity index (χ0v) is 17.3. The highest BCUT2D eigenvalue weighted by Crippen LogP contribution is 2.37. The molecule has 3 heterocycles. The van der Waals surface area contributed by atoms with Gasteiger partial charge in [0.1, 0.15) is 23.5 Å². The Morgan fingerprint density at radius 2 is 2.07 bits per heavy atom. The van der Waals surface area contributed by atoms with Crippen LogP contribution < -0.4 is 4.74 Å². The first-order valence-electron chi connectivity index (χ1n) is 9.98. The molecule has 1 aromatic carbocycles. The molecule has 28 heavy (non-hydrogen) atoms. The fourth-order valence-corrected chi connectivity index (χ4v) is 5.27. The highest BCUT2D eigenvalue weighted by molar-refractivity contribution is 7.19. The molecule has 0 bridgehead atoms. The summed E-state index contributed by atoms with van der Waals surface area (Å²) in [7, 11) is 0. The molecule has 0 atom stereocenters. The molecule has 0 amide bonds. The van der Waals surface area contributed by atoms with E-state index >= 15 is 0 Å². The minimum absolute atomic E-state index is 0.360. The van der Waals surface area contributed by atoms with Gasteiger partial charge < -0.3 is 4.74 Å². The summed E-state index contributed by atoms with van der Waals surface area (Å²) in [6.07, 6.45) is 6.59. The quantitative estimate of drug-likeness (QED) is 0.477. The van der Waals surface area contributed by atoms with Crippen molar-refractivity contribution in [1.82, 2.24) is 19.6 Å². The number of hydrogen-bond donors (Lipinski definition) is 0. The van der Waals surface area contributed by atoms with Gasteiger partial charge in [-0.25, -0.2) is 14.5 Å². The van der Waals surface area contributed by atoms with Crippen molar-refractivity contribution in [3.8, 4) is 5.75 Å². The van der Waals surface area contributed by atoms with Gasteiger partial charge in [0.15, 0.2) is 11.5 Å². The Morgan fingerprint density at radius 1 is 1.21 bits per heavy atom. The molecule has 1 aliphatic rings. The summed E-state index contributed by atoms with van der Waals surface area (Å²) < 4.78 is 7.95.